The number of carbonyl (C=O) groups is 1. The van der Waals surface area contributed by atoms with Gasteiger partial charge in [0.15, 0.2) is 0 Å². The molecule has 0 aliphatic heterocycles. The number of rotatable bonds is 31. The molecule has 0 aromatic heterocycles. The summed E-state index contributed by atoms with van der Waals surface area (Å²) in [5.74, 6) is -1.23. The number of aliphatic carboxylic acids is 1. The van der Waals surface area contributed by atoms with Gasteiger partial charge in [0.2, 0.25) is 0 Å². The Balaban J connectivity index is 0. The first-order valence-corrected chi connectivity index (χ1v) is 13.5. The second kappa shape index (κ2) is 35.2. The third-order valence-corrected chi connectivity index (χ3v) is 5.09. The SMILES string of the molecule is CCCCCCCCCCCCOCCOCCOCCOCCOCCOCCOCC(=O)[O-].[Na+]. The van der Waals surface area contributed by atoms with Crippen molar-refractivity contribution in [3.63, 3.8) is 0 Å². The molecule has 210 valence electrons. The van der Waals surface area contributed by atoms with Crippen LogP contribution >= 0.6 is 0 Å². The second-order valence-corrected chi connectivity index (χ2v) is 8.28. The number of unbranched alkanes of at least 4 members (excludes halogenated alkanes) is 9. The molecule has 0 saturated heterocycles. The third kappa shape index (κ3) is 36.3. The predicted octanol–water partition coefficient (Wildman–Crippen LogP) is -0.223. The number of carboxylic acids is 1. The molecule has 0 N–H and O–H groups in total. The molecule has 0 bridgehead atoms. The monoisotopic (exact) mass is 530 g/mol. The molecule has 0 unspecified atom stereocenters. The van der Waals surface area contributed by atoms with Crippen LogP contribution in [0.4, 0.5) is 0 Å². The summed E-state index contributed by atoms with van der Waals surface area (Å²) in [4.78, 5) is 10.1. The molecule has 36 heavy (non-hydrogen) atoms. The summed E-state index contributed by atoms with van der Waals surface area (Å²) in [7, 11) is 0. The maximum Gasteiger partial charge on any atom is 1.00 e. The maximum absolute atomic E-state index is 10.1. The van der Waals surface area contributed by atoms with Gasteiger partial charge < -0.3 is 43.1 Å². The van der Waals surface area contributed by atoms with Crippen molar-refractivity contribution in [2.45, 2.75) is 71.1 Å². The Morgan fingerprint density at radius 2 is 0.722 bits per heavy atom. The van der Waals surface area contributed by atoms with E-state index in [-0.39, 0.29) is 36.2 Å². The molecule has 0 aliphatic rings. The average Bonchev–Trinajstić information content (AvgIpc) is 2.85. The van der Waals surface area contributed by atoms with E-state index in [1.54, 1.807) is 0 Å². The van der Waals surface area contributed by atoms with Gasteiger partial charge in [-0.25, -0.2) is 0 Å². The van der Waals surface area contributed by atoms with Crippen LogP contribution in [0, 0.1) is 0 Å². The molecular formula is C26H51NaO9. The molecule has 0 fully saturated rings. The van der Waals surface area contributed by atoms with E-state index in [4.69, 9.17) is 33.2 Å². The molecule has 0 rings (SSSR count). The normalized spacial score (nSPS) is 11.0. The van der Waals surface area contributed by atoms with E-state index in [1.807, 2.05) is 0 Å². The molecule has 10 heteroatoms. The van der Waals surface area contributed by atoms with Crippen molar-refractivity contribution in [2.24, 2.45) is 0 Å². The number of hydrogen-bond acceptors (Lipinski definition) is 9. The second-order valence-electron chi connectivity index (χ2n) is 8.28. The van der Waals surface area contributed by atoms with Crippen molar-refractivity contribution >= 4 is 5.97 Å². The zero-order valence-corrected chi connectivity index (χ0v) is 25.1. The van der Waals surface area contributed by atoms with Gasteiger partial charge in [0.25, 0.3) is 0 Å². The van der Waals surface area contributed by atoms with Gasteiger partial charge in [-0.05, 0) is 6.42 Å². The van der Waals surface area contributed by atoms with Crippen LogP contribution in [0.2, 0.25) is 0 Å². The first-order valence-electron chi connectivity index (χ1n) is 13.5. The van der Waals surface area contributed by atoms with Crippen molar-refractivity contribution in [3.05, 3.63) is 0 Å². The molecule has 0 spiro atoms. The average molecular weight is 531 g/mol. The molecule has 0 saturated carbocycles. The van der Waals surface area contributed by atoms with Crippen LogP contribution in [0.3, 0.4) is 0 Å². The maximum atomic E-state index is 10.1. The van der Waals surface area contributed by atoms with Gasteiger partial charge >= 0.3 is 29.6 Å². The predicted molar refractivity (Wildman–Crippen MR) is 133 cm³/mol. The fourth-order valence-corrected chi connectivity index (χ4v) is 3.17. The standard InChI is InChI=1S/C26H52O9.Na/c1-2-3-4-5-6-7-8-9-10-11-12-29-13-14-30-15-16-31-17-18-32-19-20-33-21-22-34-23-24-35-25-26(27)28;/h2-25H2,1H3,(H,27,28);/q;+1/p-1. The van der Waals surface area contributed by atoms with E-state index in [0.29, 0.717) is 72.7 Å². The van der Waals surface area contributed by atoms with Crippen LogP contribution < -0.4 is 34.7 Å². The van der Waals surface area contributed by atoms with Crippen LogP contribution in [-0.2, 0) is 38.0 Å². The molecular weight excluding hydrogens is 479 g/mol. The Morgan fingerprint density at radius 3 is 1.06 bits per heavy atom. The fraction of sp³-hybridized carbons (Fsp3) is 0.962. The third-order valence-electron chi connectivity index (χ3n) is 5.09. The van der Waals surface area contributed by atoms with Gasteiger partial charge in [-0.15, -0.1) is 0 Å². The number of hydrogen-bond donors (Lipinski definition) is 0. The van der Waals surface area contributed by atoms with Crippen LogP contribution in [0.1, 0.15) is 71.1 Å². The minimum absolute atomic E-state index is 0. The summed E-state index contributed by atoms with van der Waals surface area (Å²) < 4.78 is 37.3. The smallest absolute Gasteiger partial charge is 0.548 e. The Kier molecular flexibility index (Phi) is 37.5. The Labute approximate surface area is 241 Å². The topological polar surface area (TPSA) is 105 Å². The molecule has 0 amide bonds. The van der Waals surface area contributed by atoms with Crippen molar-refractivity contribution in [1.29, 1.82) is 0 Å². The Bertz CT molecular complexity index is 417. The minimum atomic E-state index is -1.23. The van der Waals surface area contributed by atoms with Gasteiger partial charge in [-0.2, -0.15) is 0 Å². The molecule has 0 radical (unpaired) electrons. The zero-order valence-electron chi connectivity index (χ0n) is 23.1. The summed E-state index contributed by atoms with van der Waals surface area (Å²) in [6, 6.07) is 0. The van der Waals surface area contributed by atoms with E-state index < -0.39 is 12.6 Å². The van der Waals surface area contributed by atoms with Crippen LogP contribution in [0.25, 0.3) is 0 Å². The molecule has 0 aromatic rings. The van der Waals surface area contributed by atoms with E-state index in [2.05, 4.69) is 6.92 Å². The number of ether oxygens (including phenoxy) is 7. The van der Waals surface area contributed by atoms with Crippen molar-refractivity contribution in [2.75, 3.05) is 92.5 Å². The van der Waals surface area contributed by atoms with E-state index in [0.717, 1.165) is 13.0 Å². The van der Waals surface area contributed by atoms with Gasteiger partial charge in [0.1, 0.15) is 0 Å². The van der Waals surface area contributed by atoms with Crippen LogP contribution in [-0.4, -0.2) is 98.5 Å². The van der Waals surface area contributed by atoms with E-state index >= 15 is 0 Å². The first-order chi connectivity index (χ1) is 17.3. The molecule has 0 heterocycles. The quantitative estimate of drug-likeness (QED) is 0.0889. The van der Waals surface area contributed by atoms with E-state index in [1.165, 1.54) is 57.8 Å². The first kappa shape index (κ1) is 38.3. The van der Waals surface area contributed by atoms with Crippen molar-refractivity contribution in [1.82, 2.24) is 0 Å². The summed E-state index contributed by atoms with van der Waals surface area (Å²) in [6.07, 6.45) is 13.4. The summed E-state index contributed by atoms with van der Waals surface area (Å²) in [5.41, 5.74) is 0. The zero-order chi connectivity index (χ0) is 25.5. The number of carbonyl (C=O) groups excluding carboxylic acids is 1. The Morgan fingerprint density at radius 1 is 0.444 bits per heavy atom. The van der Waals surface area contributed by atoms with Gasteiger partial charge in [0, 0.05) is 6.61 Å². The van der Waals surface area contributed by atoms with Gasteiger partial charge in [0.05, 0.1) is 91.9 Å². The van der Waals surface area contributed by atoms with Gasteiger partial charge in [-0.1, -0.05) is 64.7 Å². The van der Waals surface area contributed by atoms with Crippen LogP contribution in [0.15, 0.2) is 0 Å². The van der Waals surface area contributed by atoms with E-state index in [9.17, 15) is 9.90 Å². The molecule has 9 nitrogen and oxygen atoms in total. The fourth-order valence-electron chi connectivity index (χ4n) is 3.17. The van der Waals surface area contributed by atoms with Crippen molar-refractivity contribution < 1.29 is 72.6 Å². The summed E-state index contributed by atoms with van der Waals surface area (Å²) >= 11 is 0. The van der Waals surface area contributed by atoms with Crippen molar-refractivity contribution in [3.8, 4) is 0 Å². The summed E-state index contributed by atoms with van der Waals surface area (Å²) in [6.45, 7) is 8.42. The molecule has 0 atom stereocenters. The molecule has 0 aliphatic carbocycles. The van der Waals surface area contributed by atoms with Crippen LogP contribution in [0.5, 0.6) is 0 Å². The number of carboxylic acid groups (broad SMARTS) is 1. The van der Waals surface area contributed by atoms with Gasteiger partial charge in [-0.3, -0.25) is 0 Å². The largest absolute Gasteiger partial charge is 1.00 e. The summed E-state index contributed by atoms with van der Waals surface area (Å²) in [5, 5.41) is 10.1. The molecule has 0 aromatic carbocycles. The Hall–Kier alpha value is 0.190. The minimum Gasteiger partial charge on any atom is -0.548 e.